The summed E-state index contributed by atoms with van der Waals surface area (Å²) in [5, 5.41) is 4.70. The van der Waals surface area contributed by atoms with Crippen molar-refractivity contribution in [2.75, 3.05) is 6.61 Å². The Labute approximate surface area is 115 Å². The van der Waals surface area contributed by atoms with Gasteiger partial charge in [0, 0.05) is 26.0 Å². The first-order valence-electron chi connectivity index (χ1n) is 6.04. The van der Waals surface area contributed by atoms with Gasteiger partial charge >= 0.3 is 0 Å². The molecule has 0 N–H and O–H groups in total. The molecular formula is C16H13BrO. The molecule has 0 amide bonds. The number of hydrogen-bond donors (Lipinski definition) is 0. The molecule has 0 radical (unpaired) electrons. The molecule has 0 saturated carbocycles. The Kier molecular flexibility index (Phi) is 2.96. The number of benzene rings is 3. The van der Waals surface area contributed by atoms with Gasteiger partial charge in [-0.15, -0.1) is 0 Å². The molecule has 0 aliphatic rings. The molecule has 0 unspecified atom stereocenters. The van der Waals surface area contributed by atoms with Crippen molar-refractivity contribution in [1.29, 1.82) is 0 Å². The van der Waals surface area contributed by atoms with Gasteiger partial charge in [0.25, 0.3) is 0 Å². The Morgan fingerprint density at radius 1 is 0.833 bits per heavy atom. The molecule has 2 heteroatoms. The van der Waals surface area contributed by atoms with Gasteiger partial charge in [0.05, 0.1) is 6.61 Å². The molecule has 0 bridgehead atoms. The first kappa shape index (κ1) is 11.5. The summed E-state index contributed by atoms with van der Waals surface area (Å²) in [4.78, 5) is 0. The lowest BCUT2D eigenvalue weighted by Crippen LogP contribution is -1.94. The molecule has 0 saturated heterocycles. The van der Waals surface area contributed by atoms with Crippen molar-refractivity contribution in [2.45, 2.75) is 6.92 Å². The largest absolute Gasteiger partial charge is 0.493 e. The summed E-state index contributed by atoms with van der Waals surface area (Å²) >= 11 is 3.71. The van der Waals surface area contributed by atoms with Crippen LogP contribution in [0.3, 0.4) is 0 Å². The van der Waals surface area contributed by atoms with Crippen molar-refractivity contribution in [3.05, 3.63) is 53.0 Å². The van der Waals surface area contributed by atoms with Crippen LogP contribution in [-0.2, 0) is 0 Å². The van der Waals surface area contributed by atoms with E-state index >= 15 is 0 Å². The first-order valence-corrected chi connectivity index (χ1v) is 6.84. The van der Waals surface area contributed by atoms with Crippen molar-refractivity contribution in [3.63, 3.8) is 0 Å². The van der Waals surface area contributed by atoms with Crippen molar-refractivity contribution < 1.29 is 4.74 Å². The van der Waals surface area contributed by atoms with Gasteiger partial charge < -0.3 is 4.74 Å². The van der Waals surface area contributed by atoms with Crippen molar-refractivity contribution in [1.82, 2.24) is 0 Å². The van der Waals surface area contributed by atoms with E-state index in [9.17, 15) is 0 Å². The van der Waals surface area contributed by atoms with E-state index in [0.717, 1.165) is 21.0 Å². The van der Waals surface area contributed by atoms with E-state index in [4.69, 9.17) is 4.74 Å². The maximum atomic E-state index is 5.87. The van der Waals surface area contributed by atoms with E-state index in [2.05, 4.69) is 52.3 Å². The average Bonchev–Trinajstić information content (AvgIpc) is 2.43. The zero-order valence-corrected chi connectivity index (χ0v) is 11.7. The monoisotopic (exact) mass is 300 g/mol. The highest BCUT2D eigenvalue weighted by Gasteiger charge is 2.12. The Morgan fingerprint density at radius 3 is 1.72 bits per heavy atom. The number of halogens is 1. The molecule has 0 spiro atoms. The summed E-state index contributed by atoms with van der Waals surface area (Å²) in [5.74, 6) is 0.979. The number of rotatable bonds is 2. The van der Waals surface area contributed by atoms with Crippen molar-refractivity contribution in [2.24, 2.45) is 0 Å². The molecule has 0 aliphatic heterocycles. The van der Waals surface area contributed by atoms with Crippen LogP contribution in [0.5, 0.6) is 5.75 Å². The first-order chi connectivity index (χ1) is 8.83. The predicted molar refractivity (Wildman–Crippen MR) is 80.3 cm³/mol. The Hall–Kier alpha value is -1.54. The van der Waals surface area contributed by atoms with Crippen LogP contribution < -0.4 is 4.74 Å². The van der Waals surface area contributed by atoms with Gasteiger partial charge in [-0.2, -0.15) is 0 Å². The second kappa shape index (κ2) is 4.62. The van der Waals surface area contributed by atoms with Crippen molar-refractivity contribution >= 4 is 37.5 Å². The Morgan fingerprint density at radius 2 is 1.28 bits per heavy atom. The summed E-state index contributed by atoms with van der Waals surface area (Å²) in [7, 11) is 0. The molecule has 3 aromatic carbocycles. The minimum absolute atomic E-state index is 0.676. The standard InChI is InChI=1S/C16H13BrO/c1-2-18-16-13-9-5-3-7-11(13)15(17)12-8-4-6-10-14(12)16/h3-10H,2H2,1H3. The smallest absolute Gasteiger partial charge is 0.134 e. The van der Waals surface area contributed by atoms with Crippen LogP contribution in [0.1, 0.15) is 6.92 Å². The highest BCUT2D eigenvalue weighted by atomic mass is 79.9. The fraction of sp³-hybridized carbons (Fsp3) is 0.125. The van der Waals surface area contributed by atoms with Gasteiger partial charge in [0.15, 0.2) is 0 Å². The highest BCUT2D eigenvalue weighted by molar-refractivity contribution is 9.10. The SMILES string of the molecule is CCOc1c2ccccc2c(Br)c2ccccc12. The van der Waals surface area contributed by atoms with Crippen LogP contribution in [0.15, 0.2) is 53.0 Å². The lowest BCUT2D eigenvalue weighted by atomic mass is 10.0. The topological polar surface area (TPSA) is 9.23 Å². The molecule has 18 heavy (non-hydrogen) atoms. The minimum atomic E-state index is 0.676. The van der Waals surface area contributed by atoms with E-state index in [1.54, 1.807) is 0 Å². The number of hydrogen-bond acceptors (Lipinski definition) is 1. The summed E-state index contributed by atoms with van der Waals surface area (Å²) in [6.07, 6.45) is 0. The van der Waals surface area contributed by atoms with Crippen LogP contribution >= 0.6 is 15.9 Å². The van der Waals surface area contributed by atoms with Crippen LogP contribution in [0.4, 0.5) is 0 Å². The minimum Gasteiger partial charge on any atom is -0.493 e. The summed E-state index contributed by atoms with van der Waals surface area (Å²) in [6.45, 7) is 2.70. The van der Waals surface area contributed by atoms with Gasteiger partial charge in [-0.1, -0.05) is 48.5 Å². The predicted octanol–water partition coefficient (Wildman–Crippen LogP) is 5.15. The van der Waals surface area contributed by atoms with Gasteiger partial charge in [-0.3, -0.25) is 0 Å². The molecule has 3 rings (SSSR count). The zero-order valence-electron chi connectivity index (χ0n) is 10.1. The molecule has 90 valence electrons. The maximum absolute atomic E-state index is 5.87. The molecule has 0 aromatic heterocycles. The fourth-order valence-electron chi connectivity index (χ4n) is 2.34. The molecule has 0 heterocycles. The van der Waals surface area contributed by atoms with Gasteiger partial charge in [0.1, 0.15) is 5.75 Å². The Balaban J connectivity index is 2.54. The summed E-state index contributed by atoms with van der Waals surface area (Å²) in [5.41, 5.74) is 0. The number of fused-ring (bicyclic) bond motifs is 2. The van der Waals surface area contributed by atoms with E-state index in [0.29, 0.717) is 6.61 Å². The average molecular weight is 301 g/mol. The maximum Gasteiger partial charge on any atom is 0.134 e. The van der Waals surface area contributed by atoms with Gasteiger partial charge in [-0.05, 0) is 22.9 Å². The third-order valence-corrected chi connectivity index (χ3v) is 3.96. The number of ether oxygens (including phenoxy) is 1. The quantitative estimate of drug-likeness (QED) is 0.594. The molecular weight excluding hydrogens is 288 g/mol. The molecule has 0 fully saturated rings. The van der Waals surface area contributed by atoms with Gasteiger partial charge in [0.2, 0.25) is 0 Å². The second-order valence-corrected chi connectivity index (χ2v) is 4.96. The van der Waals surface area contributed by atoms with Crippen LogP contribution in [-0.4, -0.2) is 6.61 Å². The third kappa shape index (κ3) is 1.68. The lowest BCUT2D eigenvalue weighted by molar-refractivity contribution is 0.348. The van der Waals surface area contributed by atoms with E-state index in [1.165, 1.54) is 10.8 Å². The molecule has 0 atom stereocenters. The normalized spacial score (nSPS) is 11.0. The Bertz CT molecular complexity index is 662. The van der Waals surface area contributed by atoms with Gasteiger partial charge in [-0.25, -0.2) is 0 Å². The lowest BCUT2D eigenvalue weighted by Gasteiger charge is -2.13. The summed E-state index contributed by atoms with van der Waals surface area (Å²) in [6, 6.07) is 16.7. The van der Waals surface area contributed by atoms with E-state index in [1.807, 2.05) is 19.1 Å². The van der Waals surface area contributed by atoms with Crippen LogP contribution in [0, 0.1) is 0 Å². The van der Waals surface area contributed by atoms with E-state index < -0.39 is 0 Å². The molecule has 1 nitrogen and oxygen atoms in total. The molecule has 0 aliphatic carbocycles. The fourth-order valence-corrected chi connectivity index (χ4v) is 3.03. The van der Waals surface area contributed by atoms with Crippen LogP contribution in [0.25, 0.3) is 21.5 Å². The third-order valence-electron chi connectivity index (χ3n) is 3.10. The van der Waals surface area contributed by atoms with Crippen LogP contribution in [0.2, 0.25) is 0 Å². The summed E-state index contributed by atoms with van der Waals surface area (Å²) < 4.78 is 7.00. The second-order valence-electron chi connectivity index (χ2n) is 4.17. The highest BCUT2D eigenvalue weighted by Crippen LogP contribution is 2.40. The van der Waals surface area contributed by atoms with Crippen molar-refractivity contribution in [3.8, 4) is 5.75 Å². The van der Waals surface area contributed by atoms with E-state index in [-0.39, 0.29) is 0 Å². The molecule has 3 aromatic rings. The zero-order chi connectivity index (χ0) is 12.5.